The van der Waals surface area contributed by atoms with Gasteiger partial charge in [0.1, 0.15) is 0 Å². The Bertz CT molecular complexity index is 742. The van der Waals surface area contributed by atoms with Gasteiger partial charge in [-0.25, -0.2) is 4.79 Å². The minimum atomic E-state index is -0.375. The quantitative estimate of drug-likeness (QED) is 0.852. The van der Waals surface area contributed by atoms with Crippen molar-refractivity contribution < 1.29 is 19.7 Å². The van der Waals surface area contributed by atoms with Gasteiger partial charge in [0.05, 0.1) is 17.9 Å². The molecule has 5 nitrogen and oxygen atoms in total. The van der Waals surface area contributed by atoms with Crippen LogP contribution in [0.25, 0.3) is 5.69 Å². The maximum absolute atomic E-state index is 11.7. The second-order valence-electron chi connectivity index (χ2n) is 6.28. The van der Waals surface area contributed by atoms with E-state index in [4.69, 9.17) is 4.74 Å². The number of carbonyl (C=O) groups is 1. The van der Waals surface area contributed by atoms with Crippen LogP contribution in [0.2, 0.25) is 0 Å². The molecule has 1 aromatic carbocycles. The van der Waals surface area contributed by atoms with Crippen LogP contribution in [0.1, 0.15) is 59.5 Å². The van der Waals surface area contributed by atoms with Crippen molar-refractivity contribution in [2.24, 2.45) is 0 Å². The molecule has 2 aliphatic rings. The lowest BCUT2D eigenvalue weighted by Gasteiger charge is -2.10. The van der Waals surface area contributed by atoms with E-state index in [1.807, 2.05) is 0 Å². The normalized spacial score (nSPS) is 21.4. The highest BCUT2D eigenvalue weighted by molar-refractivity contribution is 5.89. The van der Waals surface area contributed by atoms with Gasteiger partial charge in [-0.2, -0.15) is 0 Å². The first-order chi connectivity index (χ1) is 11.1. The summed E-state index contributed by atoms with van der Waals surface area (Å²) in [5.41, 5.74) is 2.91. The number of benzene rings is 1. The number of hydrogen-bond acceptors (Lipinski definition) is 4. The third-order valence-electron chi connectivity index (χ3n) is 5.08. The van der Waals surface area contributed by atoms with Crippen molar-refractivity contribution in [3.05, 3.63) is 41.0 Å². The Kier molecular flexibility index (Phi) is 3.11. The molecular formula is C18H19NO4. The first-order valence-corrected chi connectivity index (χ1v) is 8.05. The number of aromatic hydroxyl groups is 2. The minimum absolute atomic E-state index is 0.133. The van der Waals surface area contributed by atoms with Gasteiger partial charge in [-0.05, 0) is 62.3 Å². The Morgan fingerprint density at radius 3 is 2.22 bits per heavy atom. The van der Waals surface area contributed by atoms with Crippen LogP contribution in [-0.4, -0.2) is 27.4 Å². The Balaban J connectivity index is 1.74. The first-order valence-electron chi connectivity index (χ1n) is 8.05. The maximum atomic E-state index is 11.7. The van der Waals surface area contributed by atoms with E-state index in [-0.39, 0.29) is 17.7 Å². The highest BCUT2D eigenvalue weighted by Crippen LogP contribution is 2.60. The molecule has 23 heavy (non-hydrogen) atoms. The lowest BCUT2D eigenvalue weighted by atomic mass is 9.95. The summed E-state index contributed by atoms with van der Waals surface area (Å²) in [6.07, 6.45) is 3.20. The first kappa shape index (κ1) is 14.2. The molecule has 1 aromatic heterocycles. The Labute approximate surface area is 134 Å². The molecule has 120 valence electrons. The number of aromatic nitrogens is 1. The van der Waals surface area contributed by atoms with Crippen molar-refractivity contribution in [2.45, 2.75) is 38.0 Å². The zero-order chi connectivity index (χ0) is 16.1. The Hall–Kier alpha value is -2.43. The van der Waals surface area contributed by atoms with E-state index in [0.29, 0.717) is 29.7 Å². The molecule has 0 saturated heterocycles. The molecule has 5 heteroatoms. The molecular weight excluding hydrogens is 294 g/mol. The molecule has 2 bridgehead atoms. The molecule has 2 N–H and O–H groups in total. The highest BCUT2D eigenvalue weighted by Gasteiger charge is 2.44. The molecule has 0 amide bonds. The Morgan fingerprint density at radius 1 is 1.13 bits per heavy atom. The standard InChI is InChI=1S/C18H19NO4/c1-2-23-18(22)10-5-7-13(8-6-10)19-16(20)14-11-3-4-12(9-11)15(14)17(19)21/h5-8,11-12,20-21H,2-4,9H2,1H3. The van der Waals surface area contributed by atoms with E-state index in [0.717, 1.165) is 30.4 Å². The number of rotatable bonds is 3. The third kappa shape index (κ3) is 1.96. The van der Waals surface area contributed by atoms with Crippen LogP contribution in [0.5, 0.6) is 11.8 Å². The summed E-state index contributed by atoms with van der Waals surface area (Å²) in [7, 11) is 0. The molecule has 2 aromatic rings. The predicted molar refractivity (Wildman–Crippen MR) is 84.4 cm³/mol. The van der Waals surface area contributed by atoms with Gasteiger partial charge in [-0.1, -0.05) is 0 Å². The van der Waals surface area contributed by atoms with Gasteiger partial charge in [0.2, 0.25) is 11.8 Å². The fraction of sp³-hybridized carbons (Fsp3) is 0.389. The molecule has 0 radical (unpaired) electrons. The smallest absolute Gasteiger partial charge is 0.338 e. The number of esters is 1. The van der Waals surface area contributed by atoms with Gasteiger partial charge in [-0.15, -0.1) is 0 Å². The molecule has 2 atom stereocenters. The molecule has 0 spiro atoms. The molecule has 1 fully saturated rings. The second-order valence-corrected chi connectivity index (χ2v) is 6.28. The van der Waals surface area contributed by atoms with E-state index in [1.165, 1.54) is 4.57 Å². The number of carbonyl (C=O) groups excluding carboxylic acids is 1. The number of ether oxygens (including phenoxy) is 1. The summed E-state index contributed by atoms with van der Waals surface area (Å²) in [6, 6.07) is 6.71. The molecule has 1 saturated carbocycles. The molecule has 4 rings (SSSR count). The van der Waals surface area contributed by atoms with E-state index in [2.05, 4.69) is 0 Å². The van der Waals surface area contributed by atoms with E-state index < -0.39 is 0 Å². The van der Waals surface area contributed by atoms with Crippen molar-refractivity contribution in [3.8, 4) is 17.4 Å². The fourth-order valence-electron chi connectivity index (χ4n) is 4.10. The van der Waals surface area contributed by atoms with Gasteiger partial charge in [-0.3, -0.25) is 4.57 Å². The topological polar surface area (TPSA) is 71.7 Å². The van der Waals surface area contributed by atoms with Crippen molar-refractivity contribution in [1.29, 1.82) is 0 Å². The number of hydrogen-bond donors (Lipinski definition) is 2. The fourth-order valence-corrected chi connectivity index (χ4v) is 4.10. The average Bonchev–Trinajstić information content (AvgIpc) is 3.22. The summed E-state index contributed by atoms with van der Waals surface area (Å²) >= 11 is 0. The summed E-state index contributed by atoms with van der Waals surface area (Å²) in [5, 5.41) is 21.2. The van der Waals surface area contributed by atoms with Crippen LogP contribution < -0.4 is 0 Å². The van der Waals surface area contributed by atoms with Crippen molar-refractivity contribution in [3.63, 3.8) is 0 Å². The third-order valence-corrected chi connectivity index (χ3v) is 5.08. The predicted octanol–water partition coefficient (Wildman–Crippen LogP) is 3.43. The van der Waals surface area contributed by atoms with Crippen LogP contribution in [0.3, 0.4) is 0 Å². The van der Waals surface area contributed by atoms with Crippen LogP contribution in [0.4, 0.5) is 0 Å². The van der Waals surface area contributed by atoms with Crippen LogP contribution in [0, 0.1) is 0 Å². The summed E-state index contributed by atoms with van der Waals surface area (Å²) in [5.74, 6) is 0.615. The average molecular weight is 313 g/mol. The van der Waals surface area contributed by atoms with Gasteiger partial charge in [0.25, 0.3) is 0 Å². The van der Waals surface area contributed by atoms with Crippen LogP contribution in [0.15, 0.2) is 24.3 Å². The zero-order valence-corrected chi connectivity index (χ0v) is 13.0. The molecule has 2 unspecified atom stereocenters. The van der Waals surface area contributed by atoms with Crippen molar-refractivity contribution in [2.75, 3.05) is 6.61 Å². The monoisotopic (exact) mass is 313 g/mol. The summed E-state index contributed by atoms with van der Waals surface area (Å²) in [6.45, 7) is 2.09. The molecule has 2 aliphatic carbocycles. The van der Waals surface area contributed by atoms with Crippen LogP contribution >= 0.6 is 0 Å². The van der Waals surface area contributed by atoms with Gasteiger partial charge < -0.3 is 14.9 Å². The SMILES string of the molecule is CCOC(=O)c1ccc(-n2c(O)c3c(c2O)C2CCC3C2)cc1. The van der Waals surface area contributed by atoms with E-state index in [1.54, 1.807) is 31.2 Å². The second kappa shape index (κ2) is 5.05. The molecule has 0 aliphatic heterocycles. The lowest BCUT2D eigenvalue weighted by Crippen LogP contribution is -2.04. The minimum Gasteiger partial charge on any atom is -0.494 e. The zero-order valence-electron chi connectivity index (χ0n) is 13.0. The summed E-state index contributed by atoms with van der Waals surface area (Å²) in [4.78, 5) is 11.7. The Morgan fingerprint density at radius 2 is 1.70 bits per heavy atom. The number of nitrogens with zero attached hydrogens (tertiary/aromatic N) is 1. The summed E-state index contributed by atoms with van der Waals surface area (Å²) < 4.78 is 6.44. The molecule has 1 heterocycles. The number of fused-ring (bicyclic) bond motifs is 5. The van der Waals surface area contributed by atoms with Crippen molar-refractivity contribution in [1.82, 2.24) is 4.57 Å². The maximum Gasteiger partial charge on any atom is 0.338 e. The van der Waals surface area contributed by atoms with Gasteiger partial charge >= 0.3 is 5.97 Å². The van der Waals surface area contributed by atoms with Gasteiger partial charge in [0, 0.05) is 11.1 Å². The lowest BCUT2D eigenvalue weighted by molar-refractivity contribution is 0.0526. The van der Waals surface area contributed by atoms with E-state index in [9.17, 15) is 15.0 Å². The highest BCUT2D eigenvalue weighted by atomic mass is 16.5. The largest absolute Gasteiger partial charge is 0.494 e. The van der Waals surface area contributed by atoms with E-state index >= 15 is 0 Å². The van der Waals surface area contributed by atoms with Crippen molar-refractivity contribution >= 4 is 5.97 Å². The van der Waals surface area contributed by atoms with Crippen LogP contribution in [-0.2, 0) is 4.74 Å². The van der Waals surface area contributed by atoms with Gasteiger partial charge in [0.15, 0.2) is 0 Å².